The predicted molar refractivity (Wildman–Crippen MR) is 90.0 cm³/mol. The number of hydrogen-bond donors (Lipinski definition) is 1. The summed E-state index contributed by atoms with van der Waals surface area (Å²) in [6, 6.07) is 9.36. The number of anilines is 1. The second-order valence-electron chi connectivity index (χ2n) is 5.96. The van der Waals surface area contributed by atoms with E-state index in [9.17, 15) is 0 Å². The van der Waals surface area contributed by atoms with Gasteiger partial charge in [0.05, 0.1) is 0 Å². The fraction of sp³-hybridized carbons (Fsp3) is 0.667. The molecule has 0 saturated carbocycles. The van der Waals surface area contributed by atoms with Crippen LogP contribution in [-0.4, -0.2) is 33.4 Å². The maximum Gasteiger partial charge on any atom is 0.0491 e. The molecule has 0 spiro atoms. The number of methoxy groups -OCH3 is 1. The molecule has 21 heavy (non-hydrogen) atoms. The molecule has 3 nitrogen and oxygen atoms in total. The van der Waals surface area contributed by atoms with Gasteiger partial charge in [0.25, 0.3) is 0 Å². The van der Waals surface area contributed by atoms with Crippen molar-refractivity contribution in [3.05, 3.63) is 29.8 Å². The molecule has 0 radical (unpaired) electrons. The van der Waals surface area contributed by atoms with Crippen molar-refractivity contribution in [2.75, 3.05) is 38.3 Å². The largest absolute Gasteiger partial charge is 0.384 e. The number of rotatable bonds is 7. The zero-order chi connectivity index (χ0) is 15.1. The van der Waals surface area contributed by atoms with Crippen LogP contribution in [0.15, 0.2) is 24.3 Å². The van der Waals surface area contributed by atoms with Gasteiger partial charge >= 0.3 is 0 Å². The van der Waals surface area contributed by atoms with Crippen molar-refractivity contribution >= 4 is 5.69 Å². The predicted octanol–water partition coefficient (Wildman–Crippen LogP) is 3.61. The van der Waals surface area contributed by atoms with Crippen LogP contribution in [0.4, 0.5) is 5.69 Å². The standard InChI is InChI=1S/C18H30N2O/c1-4-17(19-5-2)16-8-6-7-9-18(16)20-12-10-15(11-13-20)14-21-3/h6-9,15,17,19H,4-5,10-14H2,1-3H3. The van der Waals surface area contributed by atoms with Gasteiger partial charge in [-0.3, -0.25) is 0 Å². The van der Waals surface area contributed by atoms with Crippen molar-refractivity contribution in [1.29, 1.82) is 0 Å². The van der Waals surface area contributed by atoms with Crippen molar-refractivity contribution in [1.82, 2.24) is 5.32 Å². The van der Waals surface area contributed by atoms with E-state index in [1.807, 2.05) is 7.11 Å². The summed E-state index contributed by atoms with van der Waals surface area (Å²) in [7, 11) is 1.81. The highest BCUT2D eigenvalue weighted by Gasteiger charge is 2.22. The Hall–Kier alpha value is -1.06. The van der Waals surface area contributed by atoms with Crippen LogP contribution in [0.25, 0.3) is 0 Å². The summed E-state index contributed by atoms with van der Waals surface area (Å²) in [6.07, 6.45) is 3.60. The Bertz CT molecular complexity index is 413. The Morgan fingerprint density at radius 3 is 2.57 bits per heavy atom. The zero-order valence-corrected chi connectivity index (χ0v) is 13.8. The highest BCUT2D eigenvalue weighted by Crippen LogP contribution is 2.31. The van der Waals surface area contributed by atoms with E-state index in [1.54, 1.807) is 0 Å². The van der Waals surface area contributed by atoms with Crippen molar-refractivity contribution in [2.45, 2.75) is 39.2 Å². The van der Waals surface area contributed by atoms with Crippen LogP contribution in [0.5, 0.6) is 0 Å². The van der Waals surface area contributed by atoms with Crippen LogP contribution < -0.4 is 10.2 Å². The fourth-order valence-corrected chi connectivity index (χ4v) is 3.37. The van der Waals surface area contributed by atoms with Crippen LogP contribution in [-0.2, 0) is 4.74 Å². The first-order chi connectivity index (χ1) is 10.3. The summed E-state index contributed by atoms with van der Waals surface area (Å²) >= 11 is 0. The lowest BCUT2D eigenvalue weighted by Crippen LogP contribution is -2.36. The lowest BCUT2D eigenvalue weighted by Gasteiger charge is -2.35. The Kier molecular flexibility index (Phi) is 6.52. The maximum atomic E-state index is 5.31. The molecule has 0 aromatic heterocycles. The second kappa shape index (κ2) is 8.40. The molecule has 0 amide bonds. The van der Waals surface area contributed by atoms with E-state index < -0.39 is 0 Å². The lowest BCUT2D eigenvalue weighted by molar-refractivity contribution is 0.139. The summed E-state index contributed by atoms with van der Waals surface area (Å²) in [5, 5.41) is 3.61. The third kappa shape index (κ3) is 4.21. The van der Waals surface area contributed by atoms with E-state index >= 15 is 0 Å². The number of ether oxygens (including phenoxy) is 1. The van der Waals surface area contributed by atoms with Crippen molar-refractivity contribution in [3.8, 4) is 0 Å². The van der Waals surface area contributed by atoms with Crippen LogP contribution in [0.1, 0.15) is 44.7 Å². The van der Waals surface area contributed by atoms with Gasteiger partial charge in [-0.2, -0.15) is 0 Å². The first kappa shape index (κ1) is 16.3. The average Bonchev–Trinajstić information content (AvgIpc) is 2.54. The molecule has 1 aliphatic rings. The molecule has 1 aromatic carbocycles. The minimum atomic E-state index is 0.461. The van der Waals surface area contributed by atoms with Gasteiger partial charge in [0.2, 0.25) is 0 Å². The van der Waals surface area contributed by atoms with Gasteiger partial charge in [0.1, 0.15) is 0 Å². The van der Waals surface area contributed by atoms with Gasteiger partial charge in [0, 0.05) is 38.5 Å². The highest BCUT2D eigenvalue weighted by molar-refractivity contribution is 5.55. The monoisotopic (exact) mass is 290 g/mol. The van der Waals surface area contributed by atoms with Gasteiger partial charge < -0.3 is 15.0 Å². The molecule has 2 rings (SSSR count). The highest BCUT2D eigenvalue weighted by atomic mass is 16.5. The van der Waals surface area contributed by atoms with Gasteiger partial charge in [0.15, 0.2) is 0 Å². The fourth-order valence-electron chi connectivity index (χ4n) is 3.37. The van der Waals surface area contributed by atoms with Crippen molar-refractivity contribution < 1.29 is 4.74 Å². The zero-order valence-electron chi connectivity index (χ0n) is 13.8. The Morgan fingerprint density at radius 1 is 1.24 bits per heavy atom. The van der Waals surface area contributed by atoms with Gasteiger partial charge in [-0.1, -0.05) is 32.0 Å². The smallest absolute Gasteiger partial charge is 0.0491 e. The number of benzene rings is 1. The van der Waals surface area contributed by atoms with E-state index in [1.165, 1.54) is 24.1 Å². The molecule has 1 N–H and O–H groups in total. The Morgan fingerprint density at radius 2 is 1.95 bits per heavy atom. The van der Waals surface area contributed by atoms with Crippen molar-refractivity contribution in [2.24, 2.45) is 5.92 Å². The summed E-state index contributed by atoms with van der Waals surface area (Å²) < 4.78 is 5.31. The minimum absolute atomic E-state index is 0.461. The number of nitrogens with one attached hydrogen (secondary N) is 1. The van der Waals surface area contributed by atoms with E-state index in [2.05, 4.69) is 48.3 Å². The van der Waals surface area contributed by atoms with E-state index in [4.69, 9.17) is 4.74 Å². The first-order valence-electron chi connectivity index (χ1n) is 8.36. The van der Waals surface area contributed by atoms with Crippen LogP contribution in [0, 0.1) is 5.92 Å². The number of piperidine rings is 1. The van der Waals surface area contributed by atoms with E-state index in [0.717, 1.165) is 38.6 Å². The Balaban J connectivity index is 2.10. The molecule has 1 saturated heterocycles. The summed E-state index contributed by atoms with van der Waals surface area (Å²) in [5.74, 6) is 0.731. The summed E-state index contributed by atoms with van der Waals surface area (Å²) in [6.45, 7) is 8.66. The summed E-state index contributed by atoms with van der Waals surface area (Å²) in [4.78, 5) is 2.56. The molecule has 0 aliphatic carbocycles. The molecular formula is C18H30N2O. The van der Waals surface area contributed by atoms with E-state index in [0.29, 0.717) is 6.04 Å². The van der Waals surface area contributed by atoms with E-state index in [-0.39, 0.29) is 0 Å². The third-order valence-electron chi connectivity index (χ3n) is 4.53. The molecule has 1 unspecified atom stereocenters. The molecule has 118 valence electrons. The molecule has 1 aromatic rings. The molecule has 1 aliphatic heterocycles. The third-order valence-corrected chi connectivity index (χ3v) is 4.53. The maximum absolute atomic E-state index is 5.31. The van der Waals surface area contributed by atoms with Crippen LogP contribution in [0.2, 0.25) is 0 Å². The summed E-state index contributed by atoms with van der Waals surface area (Å²) in [5.41, 5.74) is 2.87. The molecule has 1 heterocycles. The number of para-hydroxylation sites is 1. The van der Waals surface area contributed by atoms with Gasteiger partial charge in [-0.25, -0.2) is 0 Å². The lowest BCUT2D eigenvalue weighted by atomic mass is 9.95. The average molecular weight is 290 g/mol. The first-order valence-corrected chi connectivity index (χ1v) is 8.36. The van der Waals surface area contributed by atoms with Crippen LogP contribution >= 0.6 is 0 Å². The number of hydrogen-bond acceptors (Lipinski definition) is 3. The minimum Gasteiger partial charge on any atom is -0.384 e. The van der Waals surface area contributed by atoms with Crippen molar-refractivity contribution in [3.63, 3.8) is 0 Å². The molecule has 1 fully saturated rings. The normalized spacial score (nSPS) is 18.0. The molecule has 0 bridgehead atoms. The number of nitrogens with zero attached hydrogens (tertiary/aromatic N) is 1. The van der Waals surface area contributed by atoms with Gasteiger partial charge in [-0.15, -0.1) is 0 Å². The van der Waals surface area contributed by atoms with Gasteiger partial charge in [-0.05, 0) is 43.4 Å². The van der Waals surface area contributed by atoms with Crippen LogP contribution in [0.3, 0.4) is 0 Å². The Labute approximate surface area is 129 Å². The quantitative estimate of drug-likeness (QED) is 0.830. The molecule has 1 atom stereocenters. The SMILES string of the molecule is CCNC(CC)c1ccccc1N1CCC(COC)CC1. The second-order valence-corrected chi connectivity index (χ2v) is 5.96. The molecule has 3 heteroatoms. The molecular weight excluding hydrogens is 260 g/mol. The topological polar surface area (TPSA) is 24.5 Å².